The fourth-order valence-electron chi connectivity index (χ4n) is 0.556. The molecule has 1 unspecified atom stereocenters. The van der Waals surface area contributed by atoms with Gasteiger partial charge in [0.25, 0.3) is 0 Å². The Morgan fingerprint density at radius 1 is 1.20 bits per heavy atom. The first-order valence-electron chi connectivity index (χ1n) is 2.52. The predicted molar refractivity (Wildman–Crippen MR) is 35.9 cm³/mol. The van der Waals surface area contributed by atoms with Crippen LogP contribution in [-0.4, -0.2) is 4.89 Å². The van der Waals surface area contributed by atoms with E-state index in [2.05, 4.69) is 0 Å². The summed E-state index contributed by atoms with van der Waals surface area (Å²) in [4.78, 5) is 8.53. The van der Waals surface area contributed by atoms with Crippen LogP contribution in [0.2, 0.25) is 0 Å². The molecule has 52 valence electrons. The standard InChI is InChI=1S/C6H5O2P.Mo/c7-9(8)6-4-2-1-3-5-6;/h1-5H;/p+1. The number of benzene rings is 1. The maximum Gasteiger partial charge on any atom is 0.546 e. The molecule has 10 heavy (non-hydrogen) atoms. The minimum atomic E-state index is -2.15. The summed E-state index contributed by atoms with van der Waals surface area (Å²) in [5.41, 5.74) is 0. The summed E-state index contributed by atoms with van der Waals surface area (Å²) < 4.78 is 10.3. The Morgan fingerprint density at radius 3 is 2.00 bits per heavy atom. The first kappa shape index (κ1) is 9.97. The third kappa shape index (κ3) is 2.70. The number of hydrogen-bond donors (Lipinski definition) is 1. The molecule has 4 heteroatoms. The molecule has 2 nitrogen and oxygen atoms in total. The van der Waals surface area contributed by atoms with E-state index in [0.29, 0.717) is 5.30 Å². The van der Waals surface area contributed by atoms with Crippen molar-refractivity contribution >= 4 is 13.3 Å². The van der Waals surface area contributed by atoms with E-state index in [4.69, 9.17) is 4.89 Å². The minimum absolute atomic E-state index is 0. The third-order valence-electron chi connectivity index (χ3n) is 0.977. The summed E-state index contributed by atoms with van der Waals surface area (Å²) in [7, 11) is -2.15. The molecule has 1 N–H and O–H groups in total. The van der Waals surface area contributed by atoms with Gasteiger partial charge in [-0.3, -0.25) is 0 Å². The average Bonchev–Trinajstić information content (AvgIpc) is 1.90. The van der Waals surface area contributed by atoms with Gasteiger partial charge in [0.2, 0.25) is 5.30 Å². The largest absolute Gasteiger partial charge is 0.546 e. The van der Waals surface area contributed by atoms with E-state index >= 15 is 0 Å². The van der Waals surface area contributed by atoms with Crippen molar-refractivity contribution in [3.05, 3.63) is 30.3 Å². The third-order valence-corrected chi connectivity index (χ3v) is 1.72. The van der Waals surface area contributed by atoms with Crippen LogP contribution in [0.1, 0.15) is 0 Å². The van der Waals surface area contributed by atoms with Crippen molar-refractivity contribution in [1.29, 1.82) is 0 Å². The molecule has 1 atom stereocenters. The van der Waals surface area contributed by atoms with E-state index in [1.165, 1.54) is 0 Å². The summed E-state index contributed by atoms with van der Waals surface area (Å²) in [6.45, 7) is 0. The molecule has 0 aliphatic carbocycles. The van der Waals surface area contributed by atoms with Gasteiger partial charge in [-0.15, -0.1) is 0 Å². The molecular weight excluding hydrogens is 231 g/mol. The van der Waals surface area contributed by atoms with Gasteiger partial charge in [-0.1, -0.05) is 18.2 Å². The SMILES string of the molecule is O=[P+](O)c1ccccc1.[Mo]. The van der Waals surface area contributed by atoms with Crippen LogP contribution in [0.4, 0.5) is 0 Å². The maximum absolute atomic E-state index is 10.3. The fourth-order valence-corrected chi connectivity index (χ4v) is 0.983. The van der Waals surface area contributed by atoms with Gasteiger partial charge in [-0.25, -0.2) is 0 Å². The second-order valence-corrected chi connectivity index (χ2v) is 2.67. The van der Waals surface area contributed by atoms with Crippen LogP contribution in [0.15, 0.2) is 30.3 Å². The van der Waals surface area contributed by atoms with Gasteiger partial charge in [0.1, 0.15) is 0 Å². The maximum atomic E-state index is 10.3. The van der Waals surface area contributed by atoms with Crippen molar-refractivity contribution in [2.45, 2.75) is 0 Å². The molecule has 1 aromatic rings. The Morgan fingerprint density at radius 2 is 1.70 bits per heavy atom. The van der Waals surface area contributed by atoms with Gasteiger partial charge in [0.15, 0.2) is 0 Å². The topological polar surface area (TPSA) is 37.3 Å². The van der Waals surface area contributed by atoms with Gasteiger partial charge in [0.05, 0.1) is 0 Å². The van der Waals surface area contributed by atoms with Crippen molar-refractivity contribution < 1.29 is 30.5 Å². The van der Waals surface area contributed by atoms with Gasteiger partial charge in [0, 0.05) is 21.1 Å². The molecule has 1 rings (SSSR count). The van der Waals surface area contributed by atoms with Gasteiger partial charge in [-0.2, -0.15) is 4.89 Å². The van der Waals surface area contributed by atoms with Crippen molar-refractivity contribution in [2.24, 2.45) is 0 Å². The summed E-state index contributed by atoms with van der Waals surface area (Å²) in [6, 6.07) is 8.53. The van der Waals surface area contributed by atoms with Gasteiger partial charge in [-0.05, 0) is 16.7 Å². The molecule has 0 radical (unpaired) electrons. The second kappa shape index (κ2) is 4.73. The molecule has 0 fully saturated rings. The van der Waals surface area contributed by atoms with E-state index in [1.54, 1.807) is 24.3 Å². The molecule has 0 saturated carbocycles. The number of hydrogen-bond acceptors (Lipinski definition) is 1. The smallest absolute Gasteiger partial charge is 0.156 e. The second-order valence-electron chi connectivity index (χ2n) is 1.61. The molecule has 0 amide bonds. The molecule has 1 aromatic carbocycles. The molecule has 0 heterocycles. The summed E-state index contributed by atoms with van der Waals surface area (Å²) in [6.07, 6.45) is 0. The van der Waals surface area contributed by atoms with Gasteiger partial charge >= 0.3 is 8.03 Å². The van der Waals surface area contributed by atoms with Crippen LogP contribution < -0.4 is 5.30 Å². The molecule has 0 bridgehead atoms. The Bertz CT molecular complexity index is 212. The van der Waals surface area contributed by atoms with E-state index in [9.17, 15) is 4.57 Å². The van der Waals surface area contributed by atoms with E-state index < -0.39 is 8.03 Å². The predicted octanol–water partition coefficient (Wildman–Crippen LogP) is 1.04. The molecule has 0 spiro atoms. The van der Waals surface area contributed by atoms with Crippen LogP contribution in [-0.2, 0) is 25.6 Å². The zero-order chi connectivity index (χ0) is 6.69. The Balaban J connectivity index is 0.000000810. The van der Waals surface area contributed by atoms with E-state index in [1.807, 2.05) is 6.07 Å². The van der Waals surface area contributed by atoms with Crippen molar-refractivity contribution in [1.82, 2.24) is 0 Å². The van der Waals surface area contributed by atoms with Crippen LogP contribution in [0.5, 0.6) is 0 Å². The summed E-state index contributed by atoms with van der Waals surface area (Å²) in [5, 5.41) is 0.479. The monoisotopic (exact) mass is 239 g/mol. The summed E-state index contributed by atoms with van der Waals surface area (Å²) >= 11 is 0. The van der Waals surface area contributed by atoms with Crippen LogP contribution in [0.25, 0.3) is 0 Å². The van der Waals surface area contributed by atoms with Crippen LogP contribution in [0.3, 0.4) is 0 Å². The molecule has 0 aliphatic heterocycles. The molecule has 0 saturated heterocycles. The normalized spacial score (nSPS) is 9.90. The molecule has 0 aromatic heterocycles. The Kier molecular flexibility index (Phi) is 4.72. The van der Waals surface area contributed by atoms with Crippen LogP contribution in [0, 0.1) is 0 Å². The summed E-state index contributed by atoms with van der Waals surface area (Å²) in [5.74, 6) is 0. The van der Waals surface area contributed by atoms with E-state index in [0.717, 1.165) is 0 Å². The van der Waals surface area contributed by atoms with Gasteiger partial charge < -0.3 is 0 Å². The van der Waals surface area contributed by atoms with Crippen molar-refractivity contribution in [3.63, 3.8) is 0 Å². The minimum Gasteiger partial charge on any atom is -0.156 e. The first-order chi connectivity index (χ1) is 4.30. The Hall–Kier alpha value is -0.0317. The Labute approximate surface area is 74.4 Å². The first-order valence-corrected chi connectivity index (χ1v) is 3.73. The van der Waals surface area contributed by atoms with E-state index in [-0.39, 0.29) is 21.1 Å². The van der Waals surface area contributed by atoms with Crippen molar-refractivity contribution in [2.75, 3.05) is 0 Å². The average molecular weight is 237 g/mol. The van der Waals surface area contributed by atoms with Crippen molar-refractivity contribution in [3.8, 4) is 0 Å². The molecular formula is C6H6MoO2P+. The zero-order valence-corrected chi connectivity index (χ0v) is 8.00. The quantitative estimate of drug-likeness (QED) is 0.585. The molecule has 0 aliphatic rings. The number of rotatable bonds is 1. The zero-order valence-electron chi connectivity index (χ0n) is 5.10. The fraction of sp³-hybridized carbons (Fsp3) is 0. The van der Waals surface area contributed by atoms with Crippen LogP contribution >= 0.6 is 8.03 Å².